The summed E-state index contributed by atoms with van der Waals surface area (Å²) < 4.78 is 14.7. The number of aliphatic hydroxyl groups is 1. The summed E-state index contributed by atoms with van der Waals surface area (Å²) in [6.07, 6.45) is -0.955. The highest BCUT2D eigenvalue weighted by molar-refractivity contribution is 7.92. The van der Waals surface area contributed by atoms with Crippen LogP contribution >= 0.6 is 35.3 Å². The van der Waals surface area contributed by atoms with Crippen LogP contribution in [0.4, 0.5) is 3.89 Å². The molecule has 0 saturated heterocycles. The van der Waals surface area contributed by atoms with Gasteiger partial charge in [0.25, 0.3) is 0 Å². The molecule has 92 valence electrons. The van der Waals surface area contributed by atoms with Crippen molar-refractivity contribution in [1.29, 1.82) is 0 Å². The summed E-state index contributed by atoms with van der Waals surface area (Å²) in [7, 11) is 0. The van der Waals surface area contributed by atoms with Gasteiger partial charge < -0.3 is 5.11 Å². The monoisotopic (exact) mass is 292 g/mol. The molecule has 0 amide bonds. The van der Waals surface area contributed by atoms with E-state index in [4.69, 9.17) is 11.6 Å². The van der Waals surface area contributed by atoms with E-state index in [1.807, 2.05) is 0 Å². The molecular formula is C10H10ClFN2OS2. The summed E-state index contributed by atoms with van der Waals surface area (Å²) in [5, 5.41) is 10.1. The molecule has 2 rings (SSSR count). The van der Waals surface area contributed by atoms with Gasteiger partial charge in [-0.3, -0.25) is 0 Å². The van der Waals surface area contributed by atoms with Crippen molar-refractivity contribution >= 4 is 35.3 Å². The molecular weight excluding hydrogens is 283 g/mol. The summed E-state index contributed by atoms with van der Waals surface area (Å²) in [6.45, 7) is 3.53. The highest BCUT2D eigenvalue weighted by Gasteiger charge is 2.22. The molecule has 0 spiro atoms. The molecule has 2 heterocycles. The van der Waals surface area contributed by atoms with Gasteiger partial charge >= 0.3 is 0 Å². The lowest BCUT2D eigenvalue weighted by Crippen LogP contribution is -2.04. The summed E-state index contributed by atoms with van der Waals surface area (Å²) in [6, 6.07) is 3.41. The van der Waals surface area contributed by atoms with Gasteiger partial charge in [-0.25, -0.2) is 8.96 Å². The first kappa shape index (κ1) is 12.9. The molecule has 0 aliphatic heterocycles. The van der Waals surface area contributed by atoms with E-state index in [9.17, 15) is 8.99 Å². The van der Waals surface area contributed by atoms with Crippen LogP contribution in [0.25, 0.3) is 0 Å². The zero-order valence-electron chi connectivity index (χ0n) is 9.15. The Hall–Kier alpha value is -0.560. The lowest BCUT2D eigenvalue weighted by Gasteiger charge is -2.08. The molecule has 0 fully saturated rings. The zero-order chi connectivity index (χ0) is 12.6. The third-order valence-corrected chi connectivity index (χ3v) is 4.38. The van der Waals surface area contributed by atoms with Gasteiger partial charge in [-0.15, -0.1) is 15.2 Å². The number of nitrogens with zero attached hydrogens (tertiary/aromatic N) is 2. The molecule has 0 aliphatic carbocycles. The average Bonchev–Trinajstić information content (AvgIpc) is 2.84. The normalized spacial score (nSPS) is 13.0. The molecule has 1 unspecified atom stereocenters. The van der Waals surface area contributed by atoms with Crippen molar-refractivity contribution in [2.75, 3.05) is 0 Å². The Morgan fingerprint density at radius 2 is 2.24 bits per heavy atom. The van der Waals surface area contributed by atoms with Gasteiger partial charge in [-0.1, -0.05) is 11.6 Å². The van der Waals surface area contributed by atoms with Crippen molar-refractivity contribution in [3.63, 3.8) is 0 Å². The quantitative estimate of drug-likeness (QED) is 0.938. The summed E-state index contributed by atoms with van der Waals surface area (Å²) in [4.78, 5) is 4.83. The summed E-state index contributed by atoms with van der Waals surface area (Å²) in [5.74, 6) is 0.283. The second-order valence-corrected chi connectivity index (χ2v) is 5.80. The Bertz CT molecular complexity index is 540. The van der Waals surface area contributed by atoms with E-state index < -0.39 is 6.10 Å². The third kappa shape index (κ3) is 2.35. The van der Waals surface area contributed by atoms with Crippen molar-refractivity contribution in [2.24, 2.45) is 0 Å². The van der Waals surface area contributed by atoms with Gasteiger partial charge in [-0.05, 0) is 26.0 Å². The fraction of sp³-hybridized carbons (Fsp3) is 0.300. The van der Waals surface area contributed by atoms with Crippen LogP contribution in [0.1, 0.15) is 28.2 Å². The topological polar surface area (TPSA) is 38.1 Å². The highest BCUT2D eigenvalue weighted by atomic mass is 35.5. The SMILES string of the molecule is Cc1nc(C(O)c2ccc(Cl)s2)n(SF)c1C. The second kappa shape index (κ2) is 4.97. The van der Waals surface area contributed by atoms with Crippen LogP contribution in [-0.2, 0) is 0 Å². The molecule has 0 saturated carbocycles. The molecule has 2 aromatic heterocycles. The van der Waals surface area contributed by atoms with Crippen molar-refractivity contribution in [3.05, 3.63) is 38.6 Å². The highest BCUT2D eigenvalue weighted by Crippen LogP contribution is 2.33. The van der Waals surface area contributed by atoms with Crippen molar-refractivity contribution in [1.82, 2.24) is 8.96 Å². The second-order valence-electron chi connectivity index (χ2n) is 3.55. The minimum atomic E-state index is -0.955. The lowest BCUT2D eigenvalue weighted by atomic mass is 10.3. The van der Waals surface area contributed by atoms with Crippen LogP contribution < -0.4 is 0 Å². The minimum absolute atomic E-state index is 0.0385. The Balaban J connectivity index is 2.43. The van der Waals surface area contributed by atoms with Gasteiger partial charge in [0.05, 0.1) is 15.7 Å². The Morgan fingerprint density at radius 3 is 2.76 bits per heavy atom. The molecule has 17 heavy (non-hydrogen) atoms. The number of halogens is 2. The third-order valence-electron chi connectivity index (χ3n) is 2.50. The van der Waals surface area contributed by atoms with E-state index in [1.54, 1.807) is 26.0 Å². The van der Waals surface area contributed by atoms with Crippen LogP contribution in [-0.4, -0.2) is 14.1 Å². The largest absolute Gasteiger partial charge is 0.380 e. The molecule has 2 aromatic rings. The number of aryl methyl sites for hydroxylation is 1. The number of hydrogen-bond donors (Lipinski definition) is 1. The van der Waals surface area contributed by atoms with E-state index in [-0.39, 0.29) is 18.2 Å². The van der Waals surface area contributed by atoms with Gasteiger partial charge in [0.2, 0.25) is 0 Å². The standard InChI is InChI=1S/C10H10ClFN2OS2/c1-5-6(2)14(17-12)10(13-5)9(15)7-3-4-8(11)16-7/h3-4,9,15H,1-2H3. The molecule has 0 aromatic carbocycles. The number of rotatable bonds is 3. The van der Waals surface area contributed by atoms with E-state index in [1.165, 1.54) is 15.3 Å². The zero-order valence-corrected chi connectivity index (χ0v) is 11.5. The first-order valence-electron chi connectivity index (χ1n) is 4.82. The Morgan fingerprint density at radius 1 is 1.53 bits per heavy atom. The molecule has 3 nitrogen and oxygen atoms in total. The van der Waals surface area contributed by atoms with Gasteiger partial charge in [0.15, 0.2) is 18.2 Å². The van der Waals surface area contributed by atoms with Crippen LogP contribution in [0.3, 0.4) is 0 Å². The Labute approximate surface area is 112 Å². The van der Waals surface area contributed by atoms with Crippen LogP contribution in [0.2, 0.25) is 4.34 Å². The van der Waals surface area contributed by atoms with E-state index in [0.29, 0.717) is 20.6 Å². The lowest BCUT2D eigenvalue weighted by molar-refractivity contribution is 0.213. The number of aromatic nitrogens is 2. The molecule has 0 aliphatic rings. The molecule has 0 radical (unpaired) electrons. The first-order valence-corrected chi connectivity index (χ1v) is 6.69. The predicted molar refractivity (Wildman–Crippen MR) is 69.2 cm³/mol. The number of thiophene rings is 1. The van der Waals surface area contributed by atoms with Crippen molar-refractivity contribution < 1.29 is 8.99 Å². The number of aliphatic hydroxyl groups excluding tert-OH is 1. The van der Waals surface area contributed by atoms with Crippen LogP contribution in [0.5, 0.6) is 0 Å². The number of imidazole rings is 1. The van der Waals surface area contributed by atoms with Gasteiger partial charge in [0.1, 0.15) is 6.10 Å². The molecule has 0 bridgehead atoms. The smallest absolute Gasteiger partial charge is 0.171 e. The van der Waals surface area contributed by atoms with Crippen LogP contribution in [0, 0.1) is 13.8 Å². The maximum atomic E-state index is 12.8. The average molecular weight is 293 g/mol. The maximum absolute atomic E-state index is 12.8. The van der Waals surface area contributed by atoms with E-state index >= 15 is 0 Å². The van der Waals surface area contributed by atoms with Crippen LogP contribution in [0.15, 0.2) is 12.1 Å². The fourth-order valence-electron chi connectivity index (χ4n) is 1.48. The molecule has 1 N–H and O–H groups in total. The fourth-order valence-corrected chi connectivity index (χ4v) is 2.97. The molecule has 7 heteroatoms. The minimum Gasteiger partial charge on any atom is -0.380 e. The van der Waals surface area contributed by atoms with Gasteiger partial charge in [-0.2, -0.15) is 0 Å². The maximum Gasteiger partial charge on any atom is 0.171 e. The number of hydrogen-bond acceptors (Lipinski definition) is 4. The summed E-state index contributed by atoms with van der Waals surface area (Å²) >= 11 is 7.10. The first-order chi connectivity index (χ1) is 8.04. The van der Waals surface area contributed by atoms with Crippen molar-refractivity contribution in [3.8, 4) is 0 Å². The Kier molecular flexibility index (Phi) is 3.77. The summed E-state index contributed by atoms with van der Waals surface area (Å²) in [5.41, 5.74) is 1.39. The van der Waals surface area contributed by atoms with Gasteiger partial charge in [0, 0.05) is 4.88 Å². The molecule has 1 atom stereocenters. The van der Waals surface area contributed by atoms with E-state index in [0.717, 1.165) is 0 Å². The van der Waals surface area contributed by atoms with E-state index in [2.05, 4.69) is 4.98 Å². The predicted octanol–water partition coefficient (Wildman–Crippen LogP) is 3.68. The van der Waals surface area contributed by atoms with Crippen molar-refractivity contribution in [2.45, 2.75) is 20.0 Å².